The van der Waals surface area contributed by atoms with Crippen molar-refractivity contribution in [1.29, 1.82) is 0 Å². The smallest absolute Gasteiger partial charge is 0.226 e. The van der Waals surface area contributed by atoms with Crippen LogP contribution >= 0.6 is 7.51 Å². The lowest BCUT2D eigenvalue weighted by Crippen LogP contribution is -2.14. The third-order valence-corrected chi connectivity index (χ3v) is 10.0. The molecule has 0 amide bonds. The van der Waals surface area contributed by atoms with Crippen molar-refractivity contribution in [2.24, 2.45) is 23.1 Å². The summed E-state index contributed by atoms with van der Waals surface area (Å²) >= 11 is 0. The van der Waals surface area contributed by atoms with Gasteiger partial charge in [-0.25, -0.2) is 8.42 Å². The standard InChI is InChI=1S/C12H14N5O2PS2/c13-20(14)15-21(18,11-7-3-1-4-8-11)17-22(19,16-20)12-9-5-2-6-10-12/h1-10H,13-14H2/t21-,22-/m0/s1. The van der Waals surface area contributed by atoms with Gasteiger partial charge in [0.2, 0.25) is 7.51 Å². The minimum Gasteiger partial charge on any atom is -0.266 e. The SMILES string of the molecule is NP1(N)=N[S@@](=O)(c2ccccc2)=N[S@](=O)(c2ccccc2)=N1. The van der Waals surface area contributed by atoms with Crippen molar-refractivity contribution < 1.29 is 8.42 Å². The minimum absolute atomic E-state index is 0.314. The van der Waals surface area contributed by atoms with E-state index in [0.29, 0.717) is 9.79 Å². The zero-order valence-electron chi connectivity index (χ0n) is 11.4. The van der Waals surface area contributed by atoms with Gasteiger partial charge in [0.05, 0.1) is 9.79 Å². The average molecular weight is 355 g/mol. The first-order valence-electron chi connectivity index (χ1n) is 6.21. The monoisotopic (exact) mass is 355 g/mol. The second-order valence-electron chi connectivity index (χ2n) is 4.56. The molecule has 3 rings (SSSR count). The van der Waals surface area contributed by atoms with Gasteiger partial charge in [0, 0.05) is 0 Å². The van der Waals surface area contributed by atoms with E-state index in [2.05, 4.69) is 12.1 Å². The fourth-order valence-electron chi connectivity index (χ4n) is 1.91. The molecule has 0 saturated carbocycles. The largest absolute Gasteiger partial charge is 0.266 e. The van der Waals surface area contributed by atoms with Crippen LogP contribution in [0.3, 0.4) is 0 Å². The van der Waals surface area contributed by atoms with E-state index in [1.807, 2.05) is 0 Å². The molecule has 2 atom stereocenters. The van der Waals surface area contributed by atoms with Crippen LogP contribution in [-0.4, -0.2) is 8.42 Å². The first-order valence-corrected chi connectivity index (χ1v) is 11.0. The Morgan fingerprint density at radius 2 is 1.23 bits per heavy atom. The Morgan fingerprint density at radius 1 is 0.773 bits per heavy atom. The van der Waals surface area contributed by atoms with E-state index in [1.165, 1.54) is 0 Å². The summed E-state index contributed by atoms with van der Waals surface area (Å²) < 4.78 is 38.0. The van der Waals surface area contributed by atoms with Crippen LogP contribution < -0.4 is 11.0 Å². The molecule has 10 heteroatoms. The Kier molecular flexibility index (Phi) is 3.70. The maximum Gasteiger partial charge on any atom is 0.226 e. The number of hydrogen-bond donors (Lipinski definition) is 2. The molecule has 0 radical (unpaired) electrons. The van der Waals surface area contributed by atoms with Gasteiger partial charge in [0.15, 0.2) is 19.8 Å². The molecule has 0 unspecified atom stereocenters. The Hall–Kier alpha value is -1.51. The third-order valence-electron chi connectivity index (χ3n) is 2.79. The van der Waals surface area contributed by atoms with Gasteiger partial charge in [0.25, 0.3) is 0 Å². The summed E-state index contributed by atoms with van der Waals surface area (Å²) in [6.07, 6.45) is 0. The molecule has 4 N–H and O–H groups in total. The first-order chi connectivity index (χ1) is 10.3. The molecule has 0 spiro atoms. The molecule has 116 valence electrons. The maximum absolute atomic E-state index is 13.1. The van der Waals surface area contributed by atoms with Gasteiger partial charge in [-0.05, 0) is 24.3 Å². The van der Waals surface area contributed by atoms with E-state index >= 15 is 0 Å². The quantitative estimate of drug-likeness (QED) is 0.804. The van der Waals surface area contributed by atoms with Crippen LogP contribution in [0.4, 0.5) is 0 Å². The minimum atomic E-state index is -3.35. The fourth-order valence-corrected chi connectivity index (χ4v) is 9.47. The molecule has 1 aliphatic heterocycles. The van der Waals surface area contributed by atoms with E-state index in [0.717, 1.165) is 0 Å². The van der Waals surface area contributed by atoms with Crippen molar-refractivity contribution in [2.75, 3.05) is 0 Å². The zero-order valence-corrected chi connectivity index (χ0v) is 13.9. The molecular weight excluding hydrogens is 341 g/mol. The lowest BCUT2D eigenvalue weighted by Gasteiger charge is -2.18. The maximum atomic E-state index is 13.1. The molecule has 0 bridgehead atoms. The van der Waals surface area contributed by atoms with Crippen LogP contribution in [0.25, 0.3) is 0 Å². The summed E-state index contributed by atoms with van der Waals surface area (Å²) in [7, 11) is -10.0. The molecule has 0 saturated heterocycles. The van der Waals surface area contributed by atoms with Crippen LogP contribution in [-0.2, 0) is 19.8 Å². The Morgan fingerprint density at radius 3 is 1.73 bits per heavy atom. The molecule has 1 heterocycles. The van der Waals surface area contributed by atoms with Crippen molar-refractivity contribution in [2.45, 2.75) is 9.79 Å². The van der Waals surface area contributed by atoms with Crippen molar-refractivity contribution >= 4 is 27.3 Å². The molecule has 2 aromatic carbocycles. The lowest BCUT2D eigenvalue weighted by molar-refractivity contribution is 0.672. The number of hydrogen-bond acceptors (Lipinski definition) is 5. The average Bonchev–Trinajstić information content (AvgIpc) is 2.47. The van der Waals surface area contributed by atoms with Gasteiger partial charge in [-0.2, -0.15) is 0 Å². The molecule has 0 aromatic heterocycles. The van der Waals surface area contributed by atoms with Gasteiger partial charge in [-0.15, -0.1) is 8.28 Å². The Bertz CT molecular complexity index is 947. The highest BCUT2D eigenvalue weighted by atomic mass is 32.3. The van der Waals surface area contributed by atoms with Crippen molar-refractivity contribution in [3.8, 4) is 0 Å². The third kappa shape index (κ3) is 2.86. The number of benzene rings is 2. The van der Waals surface area contributed by atoms with Crippen LogP contribution in [0.15, 0.2) is 82.5 Å². The lowest BCUT2D eigenvalue weighted by atomic mass is 10.4. The van der Waals surface area contributed by atoms with Gasteiger partial charge in [0.1, 0.15) is 0 Å². The van der Waals surface area contributed by atoms with E-state index in [-0.39, 0.29) is 0 Å². The van der Waals surface area contributed by atoms with Crippen LogP contribution in [0.1, 0.15) is 0 Å². The van der Waals surface area contributed by atoms with Crippen LogP contribution in [0.2, 0.25) is 0 Å². The summed E-state index contributed by atoms with van der Waals surface area (Å²) in [5.74, 6) is 0. The summed E-state index contributed by atoms with van der Waals surface area (Å²) in [5, 5.41) is 0. The molecular formula is C12H14N5O2PS2. The molecule has 2 aromatic rings. The summed E-state index contributed by atoms with van der Waals surface area (Å²) in [4.78, 5) is 0.627. The van der Waals surface area contributed by atoms with Gasteiger partial charge >= 0.3 is 0 Å². The fraction of sp³-hybridized carbons (Fsp3) is 0. The van der Waals surface area contributed by atoms with Crippen molar-refractivity contribution in [1.82, 2.24) is 0 Å². The van der Waals surface area contributed by atoms with Gasteiger partial charge in [-0.1, -0.05) is 40.2 Å². The van der Waals surface area contributed by atoms with Crippen molar-refractivity contribution in [3.63, 3.8) is 0 Å². The molecule has 7 nitrogen and oxygen atoms in total. The summed E-state index contributed by atoms with van der Waals surface area (Å²) in [6, 6.07) is 16.6. The number of nitrogens with zero attached hydrogens (tertiary/aromatic N) is 3. The number of rotatable bonds is 2. The van der Waals surface area contributed by atoms with Crippen LogP contribution in [0, 0.1) is 0 Å². The highest BCUT2D eigenvalue weighted by Gasteiger charge is 2.28. The molecule has 0 fully saturated rings. The normalized spacial score (nSPS) is 29.7. The highest BCUT2D eigenvalue weighted by Crippen LogP contribution is 2.44. The highest BCUT2D eigenvalue weighted by molar-refractivity contribution is 8.08. The van der Waals surface area contributed by atoms with E-state index in [4.69, 9.17) is 11.0 Å². The Labute approximate surface area is 129 Å². The van der Waals surface area contributed by atoms with Gasteiger partial charge in [-0.3, -0.25) is 11.0 Å². The van der Waals surface area contributed by atoms with E-state index in [9.17, 15) is 8.42 Å². The Balaban J connectivity index is 2.37. The van der Waals surface area contributed by atoms with Crippen molar-refractivity contribution in [3.05, 3.63) is 60.7 Å². The zero-order chi connectivity index (χ0) is 15.8. The van der Waals surface area contributed by atoms with E-state index in [1.54, 1.807) is 60.7 Å². The second-order valence-corrected chi connectivity index (χ2v) is 10.8. The molecule has 22 heavy (non-hydrogen) atoms. The second kappa shape index (κ2) is 5.29. The van der Waals surface area contributed by atoms with Crippen LogP contribution in [0.5, 0.6) is 0 Å². The molecule has 1 aliphatic rings. The van der Waals surface area contributed by atoms with E-state index < -0.39 is 27.3 Å². The first kappa shape index (κ1) is 15.4. The summed E-state index contributed by atoms with van der Waals surface area (Å²) in [5.41, 5.74) is 11.7. The van der Waals surface area contributed by atoms with Gasteiger partial charge < -0.3 is 0 Å². The predicted octanol–water partition coefficient (Wildman–Crippen LogP) is 2.75. The molecule has 0 aliphatic carbocycles. The topological polar surface area (TPSA) is 123 Å². The number of nitrogens with two attached hydrogens (primary N) is 2. The summed E-state index contributed by atoms with van der Waals surface area (Å²) in [6.45, 7) is 0. The predicted molar refractivity (Wildman–Crippen MR) is 88.3 cm³/mol.